The van der Waals surface area contributed by atoms with Gasteiger partial charge in [0.05, 0.1) is 0 Å². The molecule has 0 aliphatic heterocycles. The Labute approximate surface area is 159 Å². The van der Waals surface area contributed by atoms with E-state index in [1.807, 2.05) is 36.4 Å². The second kappa shape index (κ2) is 8.89. The molecular formula is C21H23N5O. The van der Waals surface area contributed by atoms with Crippen molar-refractivity contribution in [1.82, 2.24) is 20.5 Å². The number of nitrogens with zero attached hydrogens (tertiary/aromatic N) is 4. The smallest absolute Gasteiger partial charge is 0.272 e. The maximum Gasteiger partial charge on any atom is 0.272 e. The van der Waals surface area contributed by atoms with Crippen LogP contribution in [0.4, 0.5) is 5.82 Å². The van der Waals surface area contributed by atoms with Gasteiger partial charge in [-0.3, -0.25) is 9.78 Å². The van der Waals surface area contributed by atoms with Crippen LogP contribution in [0, 0.1) is 0 Å². The zero-order chi connectivity index (χ0) is 19.1. The van der Waals surface area contributed by atoms with Crippen molar-refractivity contribution < 1.29 is 4.79 Å². The molecule has 0 radical (unpaired) electrons. The molecule has 3 rings (SSSR count). The minimum Gasteiger partial charge on any atom is -0.348 e. The Morgan fingerprint density at radius 1 is 0.963 bits per heavy atom. The molecule has 0 bridgehead atoms. The average Bonchev–Trinajstić information content (AvgIpc) is 2.72. The third-order valence-corrected chi connectivity index (χ3v) is 4.20. The molecule has 0 saturated carbocycles. The molecule has 0 saturated heterocycles. The molecule has 1 aromatic carbocycles. The van der Waals surface area contributed by atoms with Gasteiger partial charge in [-0.1, -0.05) is 30.3 Å². The van der Waals surface area contributed by atoms with E-state index in [0.29, 0.717) is 12.2 Å². The number of pyridine rings is 1. The summed E-state index contributed by atoms with van der Waals surface area (Å²) in [6.07, 6.45) is 3.40. The Bertz CT molecular complexity index is 851. The summed E-state index contributed by atoms with van der Waals surface area (Å²) in [7, 11) is 0. The predicted octanol–water partition coefficient (Wildman–Crippen LogP) is 3.22. The fourth-order valence-corrected chi connectivity index (χ4v) is 2.68. The van der Waals surface area contributed by atoms with E-state index in [9.17, 15) is 4.79 Å². The van der Waals surface area contributed by atoms with E-state index in [1.54, 1.807) is 18.5 Å². The lowest BCUT2D eigenvalue weighted by molar-refractivity contribution is 0.0945. The summed E-state index contributed by atoms with van der Waals surface area (Å²) in [5, 5.41) is 11.2. The summed E-state index contributed by atoms with van der Waals surface area (Å²) in [5.74, 6) is 0.504. The Hall–Kier alpha value is -3.28. The Kier molecular flexibility index (Phi) is 6.10. The maximum atomic E-state index is 12.3. The number of hydrogen-bond donors (Lipinski definition) is 1. The van der Waals surface area contributed by atoms with E-state index in [-0.39, 0.29) is 11.9 Å². The lowest BCUT2D eigenvalue weighted by Crippen LogP contribution is -2.31. The predicted molar refractivity (Wildman–Crippen MR) is 105 cm³/mol. The number of nitrogens with one attached hydrogen (secondary N) is 1. The van der Waals surface area contributed by atoms with Gasteiger partial charge in [0, 0.05) is 31.5 Å². The lowest BCUT2D eigenvalue weighted by Gasteiger charge is -2.27. The summed E-state index contributed by atoms with van der Waals surface area (Å²) in [6.45, 7) is 5.39. The van der Waals surface area contributed by atoms with Crippen molar-refractivity contribution in [1.29, 1.82) is 0 Å². The highest BCUT2D eigenvalue weighted by molar-refractivity contribution is 5.92. The molecule has 1 amide bonds. The standard InChI is InChI=1S/C21H23N5O/c1-16(2)26(15-18-6-4-3-5-7-18)20-9-8-19(24-25-20)21(27)23-14-17-10-12-22-13-11-17/h3-13,16H,14-15H2,1-2H3,(H,23,27). The molecule has 0 atom stereocenters. The molecule has 6 heteroatoms. The molecule has 0 unspecified atom stereocenters. The topological polar surface area (TPSA) is 71.0 Å². The van der Waals surface area contributed by atoms with Crippen LogP contribution in [-0.2, 0) is 13.1 Å². The summed E-state index contributed by atoms with van der Waals surface area (Å²) in [6, 6.07) is 17.8. The SMILES string of the molecule is CC(C)N(Cc1ccccc1)c1ccc(C(=O)NCc2ccncc2)nn1. The van der Waals surface area contributed by atoms with Gasteiger partial charge < -0.3 is 10.2 Å². The first kappa shape index (κ1) is 18.5. The van der Waals surface area contributed by atoms with Gasteiger partial charge in [-0.15, -0.1) is 10.2 Å². The first-order valence-corrected chi connectivity index (χ1v) is 8.95. The van der Waals surface area contributed by atoms with E-state index in [1.165, 1.54) is 5.56 Å². The molecule has 0 spiro atoms. The number of carbonyl (C=O) groups excluding carboxylic acids is 1. The largest absolute Gasteiger partial charge is 0.348 e. The monoisotopic (exact) mass is 361 g/mol. The highest BCUT2D eigenvalue weighted by Crippen LogP contribution is 2.17. The van der Waals surface area contributed by atoms with Gasteiger partial charge in [-0.25, -0.2) is 0 Å². The van der Waals surface area contributed by atoms with Crippen LogP contribution in [-0.4, -0.2) is 27.1 Å². The number of amides is 1. The van der Waals surface area contributed by atoms with Gasteiger partial charge >= 0.3 is 0 Å². The number of carbonyl (C=O) groups is 1. The van der Waals surface area contributed by atoms with Crippen LogP contribution in [0.25, 0.3) is 0 Å². The normalized spacial score (nSPS) is 10.6. The molecule has 6 nitrogen and oxygen atoms in total. The second-order valence-electron chi connectivity index (χ2n) is 6.52. The fraction of sp³-hybridized carbons (Fsp3) is 0.238. The van der Waals surface area contributed by atoms with Crippen molar-refractivity contribution in [2.75, 3.05) is 4.90 Å². The Morgan fingerprint density at radius 2 is 1.70 bits per heavy atom. The molecular weight excluding hydrogens is 338 g/mol. The van der Waals surface area contributed by atoms with Gasteiger partial charge in [-0.2, -0.15) is 0 Å². The van der Waals surface area contributed by atoms with Gasteiger partial charge in [0.15, 0.2) is 11.5 Å². The molecule has 27 heavy (non-hydrogen) atoms. The zero-order valence-electron chi connectivity index (χ0n) is 15.5. The number of hydrogen-bond acceptors (Lipinski definition) is 5. The molecule has 2 aromatic heterocycles. The number of rotatable bonds is 7. The van der Waals surface area contributed by atoms with Crippen LogP contribution in [0.3, 0.4) is 0 Å². The first-order valence-electron chi connectivity index (χ1n) is 8.95. The molecule has 3 aromatic rings. The zero-order valence-corrected chi connectivity index (χ0v) is 15.5. The van der Waals surface area contributed by atoms with Crippen LogP contribution in [0.5, 0.6) is 0 Å². The van der Waals surface area contributed by atoms with Gasteiger partial charge in [-0.05, 0) is 49.2 Å². The molecule has 0 aliphatic rings. The first-order chi connectivity index (χ1) is 13.1. The van der Waals surface area contributed by atoms with E-state index < -0.39 is 0 Å². The Morgan fingerprint density at radius 3 is 2.33 bits per heavy atom. The molecule has 0 aliphatic carbocycles. The molecule has 1 N–H and O–H groups in total. The molecule has 138 valence electrons. The number of anilines is 1. The maximum absolute atomic E-state index is 12.3. The highest BCUT2D eigenvalue weighted by atomic mass is 16.1. The van der Waals surface area contributed by atoms with Gasteiger partial charge in [0.2, 0.25) is 0 Å². The lowest BCUT2D eigenvalue weighted by atomic mass is 10.2. The highest BCUT2D eigenvalue weighted by Gasteiger charge is 2.15. The van der Waals surface area contributed by atoms with Crippen molar-refractivity contribution in [2.24, 2.45) is 0 Å². The van der Waals surface area contributed by atoms with Gasteiger partial charge in [0.25, 0.3) is 5.91 Å². The van der Waals surface area contributed by atoms with Crippen molar-refractivity contribution in [2.45, 2.75) is 33.0 Å². The Balaban J connectivity index is 1.66. The summed E-state index contributed by atoms with van der Waals surface area (Å²) < 4.78 is 0. The van der Waals surface area contributed by atoms with Crippen LogP contribution >= 0.6 is 0 Å². The van der Waals surface area contributed by atoms with E-state index >= 15 is 0 Å². The van der Waals surface area contributed by atoms with E-state index in [4.69, 9.17) is 0 Å². The second-order valence-corrected chi connectivity index (χ2v) is 6.52. The number of aromatic nitrogens is 3. The minimum atomic E-state index is -0.245. The summed E-state index contributed by atoms with van der Waals surface area (Å²) in [4.78, 5) is 18.4. The minimum absolute atomic E-state index is 0.245. The van der Waals surface area contributed by atoms with Crippen molar-refractivity contribution >= 4 is 11.7 Å². The third-order valence-electron chi connectivity index (χ3n) is 4.20. The van der Waals surface area contributed by atoms with Crippen LogP contribution in [0.15, 0.2) is 67.0 Å². The van der Waals surface area contributed by atoms with E-state index in [0.717, 1.165) is 17.9 Å². The van der Waals surface area contributed by atoms with Gasteiger partial charge in [0.1, 0.15) is 0 Å². The third kappa shape index (κ3) is 5.10. The summed E-state index contributed by atoms with van der Waals surface area (Å²) >= 11 is 0. The van der Waals surface area contributed by atoms with Crippen LogP contribution < -0.4 is 10.2 Å². The average molecular weight is 361 g/mol. The fourth-order valence-electron chi connectivity index (χ4n) is 2.68. The molecule has 0 fully saturated rings. The van der Waals surface area contributed by atoms with Crippen molar-refractivity contribution in [3.05, 3.63) is 83.8 Å². The number of benzene rings is 1. The van der Waals surface area contributed by atoms with Crippen LogP contribution in [0.2, 0.25) is 0 Å². The molecule has 2 heterocycles. The van der Waals surface area contributed by atoms with E-state index in [2.05, 4.69) is 51.4 Å². The van der Waals surface area contributed by atoms with Crippen molar-refractivity contribution in [3.63, 3.8) is 0 Å². The van der Waals surface area contributed by atoms with Crippen LogP contribution in [0.1, 0.15) is 35.5 Å². The summed E-state index contributed by atoms with van der Waals surface area (Å²) in [5.41, 5.74) is 2.49. The quantitative estimate of drug-likeness (QED) is 0.700. The van der Waals surface area contributed by atoms with Crippen molar-refractivity contribution in [3.8, 4) is 0 Å².